The van der Waals surface area contributed by atoms with Gasteiger partial charge in [0.2, 0.25) is 0 Å². The van der Waals surface area contributed by atoms with Crippen LogP contribution < -0.4 is 11.5 Å². The van der Waals surface area contributed by atoms with Gasteiger partial charge < -0.3 is 16.6 Å². The Bertz CT molecular complexity index is 270. The predicted octanol–water partition coefficient (Wildman–Crippen LogP) is 0.491. The Morgan fingerprint density at radius 3 is 2.62 bits per heavy atom. The number of hydrogen-bond acceptors (Lipinski definition) is 4. The van der Waals surface area contributed by atoms with Crippen LogP contribution in [0.2, 0.25) is 0 Å². The van der Waals surface area contributed by atoms with Gasteiger partial charge in [0.05, 0.1) is 5.84 Å². The Labute approximate surface area is 96.3 Å². The predicted molar refractivity (Wildman–Crippen MR) is 59.8 cm³/mol. The van der Waals surface area contributed by atoms with Gasteiger partial charge in [-0.05, 0) is 13.3 Å². The quantitative estimate of drug-likeness (QED) is 0.454. The highest BCUT2D eigenvalue weighted by atomic mass is 32.2. The van der Waals surface area contributed by atoms with Crippen molar-refractivity contribution >= 4 is 23.6 Å². The zero-order valence-electron chi connectivity index (χ0n) is 8.82. The highest BCUT2D eigenvalue weighted by Crippen LogP contribution is 2.29. The molecule has 0 amide bonds. The van der Waals surface area contributed by atoms with Gasteiger partial charge in [-0.1, -0.05) is 11.8 Å². The first-order valence-corrected chi connectivity index (χ1v) is 5.50. The standard InChI is InChI=1S/C8H15F2N3O2S/c1-5(11)13-4-8(9,10)16-3-2-6(12)7(14)15/h6H,2-4,12H2,1H3,(H2,11,13)(H,14,15)/t6-/m0/s1. The molecule has 16 heavy (non-hydrogen) atoms. The number of nitrogens with two attached hydrogens (primary N) is 2. The molecule has 0 radical (unpaired) electrons. The zero-order valence-corrected chi connectivity index (χ0v) is 9.64. The minimum absolute atomic E-state index is 0.0130. The molecule has 0 spiro atoms. The van der Waals surface area contributed by atoms with Crippen LogP contribution in [-0.2, 0) is 4.79 Å². The number of alkyl halides is 2. The summed E-state index contributed by atoms with van der Waals surface area (Å²) in [5, 5.41) is 5.38. The maximum atomic E-state index is 13.0. The maximum absolute atomic E-state index is 13.0. The van der Waals surface area contributed by atoms with Crippen molar-refractivity contribution in [3.8, 4) is 0 Å². The number of carboxylic acids is 1. The second-order valence-electron chi connectivity index (χ2n) is 3.18. The molecule has 1 atom stereocenters. The third kappa shape index (κ3) is 7.41. The number of nitrogens with zero attached hydrogens (tertiary/aromatic N) is 1. The Kier molecular flexibility index (Phi) is 6.27. The third-order valence-corrected chi connectivity index (χ3v) is 2.56. The summed E-state index contributed by atoms with van der Waals surface area (Å²) in [5.41, 5.74) is 10.3. The minimum Gasteiger partial charge on any atom is -0.480 e. The molecule has 5 N–H and O–H groups in total. The smallest absolute Gasteiger partial charge is 0.320 e. The number of carboxylic acid groups (broad SMARTS) is 1. The molecule has 0 aromatic heterocycles. The van der Waals surface area contributed by atoms with Crippen LogP contribution in [-0.4, -0.2) is 40.5 Å². The highest BCUT2D eigenvalue weighted by Gasteiger charge is 2.29. The number of rotatable bonds is 7. The lowest BCUT2D eigenvalue weighted by atomic mass is 10.2. The first-order valence-electron chi connectivity index (χ1n) is 4.51. The second-order valence-corrected chi connectivity index (χ2v) is 4.47. The molecule has 0 saturated carbocycles. The van der Waals surface area contributed by atoms with Crippen LogP contribution in [0.1, 0.15) is 13.3 Å². The van der Waals surface area contributed by atoms with Gasteiger partial charge in [-0.15, -0.1) is 0 Å². The van der Waals surface area contributed by atoms with Gasteiger partial charge in [-0.3, -0.25) is 9.79 Å². The van der Waals surface area contributed by atoms with E-state index in [1.165, 1.54) is 6.92 Å². The Morgan fingerprint density at radius 2 is 2.19 bits per heavy atom. The Morgan fingerprint density at radius 1 is 1.62 bits per heavy atom. The number of aliphatic imine (C=N–C) groups is 1. The van der Waals surface area contributed by atoms with E-state index in [1.807, 2.05) is 0 Å². The SMILES string of the molecule is CC(N)=NCC(F)(F)SCC[C@H](N)C(=O)O. The molecule has 0 aliphatic rings. The number of aliphatic carboxylic acids is 1. The minimum atomic E-state index is -3.04. The first kappa shape index (κ1) is 15.1. The molecular formula is C8H15F2N3O2S. The van der Waals surface area contributed by atoms with Gasteiger partial charge in [0, 0.05) is 5.75 Å². The molecule has 0 rings (SSSR count). The Balaban J connectivity index is 3.91. The fourth-order valence-corrected chi connectivity index (χ4v) is 1.55. The van der Waals surface area contributed by atoms with E-state index in [0.717, 1.165) is 0 Å². The number of thioether (sulfide) groups is 1. The molecule has 5 nitrogen and oxygen atoms in total. The fourth-order valence-electron chi connectivity index (χ4n) is 0.721. The molecule has 8 heteroatoms. The zero-order chi connectivity index (χ0) is 12.8. The number of hydrogen-bond donors (Lipinski definition) is 3. The van der Waals surface area contributed by atoms with E-state index in [9.17, 15) is 13.6 Å². The molecule has 0 aromatic rings. The van der Waals surface area contributed by atoms with Gasteiger partial charge in [-0.2, -0.15) is 8.78 Å². The number of halogens is 2. The molecule has 94 valence electrons. The molecule has 0 aliphatic heterocycles. The van der Waals surface area contributed by atoms with Gasteiger partial charge >= 0.3 is 11.2 Å². The maximum Gasteiger partial charge on any atom is 0.320 e. The summed E-state index contributed by atoms with van der Waals surface area (Å²) in [6.45, 7) is 0.712. The monoisotopic (exact) mass is 255 g/mol. The molecule has 0 fully saturated rings. The molecular weight excluding hydrogens is 240 g/mol. The molecule has 0 aromatic carbocycles. The van der Waals surface area contributed by atoms with Crippen LogP contribution in [0.3, 0.4) is 0 Å². The Hall–Kier alpha value is -0.890. The fraction of sp³-hybridized carbons (Fsp3) is 0.750. The van der Waals surface area contributed by atoms with Crippen molar-refractivity contribution in [2.75, 3.05) is 12.3 Å². The van der Waals surface area contributed by atoms with Crippen LogP contribution >= 0.6 is 11.8 Å². The van der Waals surface area contributed by atoms with E-state index < -0.39 is 23.8 Å². The second kappa shape index (κ2) is 6.64. The van der Waals surface area contributed by atoms with E-state index in [4.69, 9.17) is 16.6 Å². The van der Waals surface area contributed by atoms with Crippen molar-refractivity contribution in [2.24, 2.45) is 16.5 Å². The summed E-state index contributed by atoms with van der Waals surface area (Å²) in [4.78, 5) is 13.7. The summed E-state index contributed by atoms with van der Waals surface area (Å²) in [6, 6.07) is -1.11. The van der Waals surface area contributed by atoms with E-state index in [2.05, 4.69) is 4.99 Å². The molecule has 0 bridgehead atoms. The van der Waals surface area contributed by atoms with Gasteiger partial charge in [0.15, 0.2) is 0 Å². The molecule has 0 aliphatic carbocycles. The summed E-state index contributed by atoms with van der Waals surface area (Å²) in [7, 11) is 0. The van der Waals surface area contributed by atoms with Crippen LogP contribution in [0.15, 0.2) is 4.99 Å². The molecule has 0 heterocycles. The lowest BCUT2D eigenvalue weighted by Gasteiger charge is -2.14. The van der Waals surface area contributed by atoms with E-state index >= 15 is 0 Å². The highest BCUT2D eigenvalue weighted by molar-refractivity contribution is 8.00. The first-order chi connectivity index (χ1) is 7.24. The van der Waals surface area contributed by atoms with Crippen molar-refractivity contribution in [2.45, 2.75) is 24.6 Å². The van der Waals surface area contributed by atoms with E-state index in [0.29, 0.717) is 11.8 Å². The van der Waals surface area contributed by atoms with Crippen molar-refractivity contribution in [1.29, 1.82) is 0 Å². The summed E-state index contributed by atoms with van der Waals surface area (Å²) in [5.74, 6) is -1.15. The van der Waals surface area contributed by atoms with E-state index in [-0.39, 0.29) is 18.0 Å². The van der Waals surface area contributed by atoms with Crippen LogP contribution in [0.5, 0.6) is 0 Å². The molecule has 0 saturated heterocycles. The normalized spacial score (nSPS) is 14.9. The average molecular weight is 255 g/mol. The van der Waals surface area contributed by atoms with E-state index in [1.54, 1.807) is 0 Å². The lowest BCUT2D eigenvalue weighted by Crippen LogP contribution is -2.31. The van der Waals surface area contributed by atoms with Crippen molar-refractivity contribution in [3.05, 3.63) is 0 Å². The topological polar surface area (TPSA) is 102 Å². The van der Waals surface area contributed by atoms with Crippen LogP contribution in [0, 0.1) is 0 Å². The van der Waals surface area contributed by atoms with Crippen LogP contribution in [0.4, 0.5) is 8.78 Å². The summed E-state index contributed by atoms with van der Waals surface area (Å²) >= 11 is 0.327. The summed E-state index contributed by atoms with van der Waals surface area (Å²) < 4.78 is 26.1. The third-order valence-electron chi connectivity index (χ3n) is 1.57. The van der Waals surface area contributed by atoms with Crippen molar-refractivity contribution < 1.29 is 18.7 Å². The van der Waals surface area contributed by atoms with Crippen molar-refractivity contribution in [3.63, 3.8) is 0 Å². The van der Waals surface area contributed by atoms with Crippen LogP contribution in [0.25, 0.3) is 0 Å². The number of carbonyl (C=O) groups is 1. The van der Waals surface area contributed by atoms with Crippen molar-refractivity contribution in [1.82, 2.24) is 0 Å². The average Bonchev–Trinajstić information content (AvgIpc) is 2.14. The summed E-state index contributed by atoms with van der Waals surface area (Å²) in [6.07, 6.45) is -0.0130. The lowest BCUT2D eigenvalue weighted by molar-refractivity contribution is -0.138. The molecule has 0 unspecified atom stereocenters. The van der Waals surface area contributed by atoms with Gasteiger partial charge in [0.25, 0.3) is 0 Å². The largest absolute Gasteiger partial charge is 0.480 e. The van der Waals surface area contributed by atoms with Gasteiger partial charge in [-0.25, -0.2) is 0 Å². The van der Waals surface area contributed by atoms with Gasteiger partial charge in [0.1, 0.15) is 12.6 Å². The number of amidine groups is 1.